The van der Waals surface area contributed by atoms with Crippen LogP contribution in [0.2, 0.25) is 0 Å². The van der Waals surface area contributed by atoms with E-state index >= 15 is 0 Å². The molecule has 2 nitrogen and oxygen atoms in total. The summed E-state index contributed by atoms with van der Waals surface area (Å²) in [5, 5.41) is 3.31. The first-order chi connectivity index (χ1) is 6.47. The van der Waals surface area contributed by atoms with Gasteiger partial charge in [0.05, 0.1) is 0 Å². The number of hydrogen-bond donors (Lipinski definition) is 1. The maximum Gasteiger partial charge on any atom is 0.0463 e. The first kappa shape index (κ1) is 8.54. The molecule has 1 heterocycles. The summed E-state index contributed by atoms with van der Waals surface area (Å²) in [4.78, 5) is 4.19. The van der Waals surface area contributed by atoms with Gasteiger partial charge in [-0.15, -0.1) is 0 Å². The van der Waals surface area contributed by atoms with E-state index < -0.39 is 0 Å². The van der Waals surface area contributed by atoms with E-state index in [1.165, 1.54) is 37.8 Å². The van der Waals surface area contributed by atoms with Gasteiger partial charge in [-0.25, -0.2) is 0 Å². The zero-order valence-corrected chi connectivity index (χ0v) is 7.87. The van der Waals surface area contributed by atoms with Gasteiger partial charge in [-0.3, -0.25) is 4.99 Å². The minimum absolute atomic E-state index is 0.716. The minimum Gasteiger partial charge on any atom is -0.363 e. The maximum atomic E-state index is 4.19. The van der Waals surface area contributed by atoms with Gasteiger partial charge in [-0.1, -0.05) is 19.3 Å². The van der Waals surface area contributed by atoms with Crippen molar-refractivity contribution in [1.82, 2.24) is 5.32 Å². The molecule has 0 atom stereocenters. The topological polar surface area (TPSA) is 24.4 Å². The highest BCUT2D eigenvalue weighted by atomic mass is 14.9. The molecule has 0 saturated heterocycles. The molecule has 0 aromatic carbocycles. The third-order valence-electron chi connectivity index (χ3n) is 2.78. The summed E-state index contributed by atoms with van der Waals surface area (Å²) in [5.74, 6) is 0.716. The van der Waals surface area contributed by atoms with E-state index in [1.807, 2.05) is 24.7 Å². The Morgan fingerprint density at radius 3 is 2.92 bits per heavy atom. The standard InChI is InChI=1S/C11H16N2/c1-2-5-10(6-3-1)11-9-12-7-4-8-13-11/h4,7-10,13H,1-3,5-6H2. The normalized spacial score (nSPS) is 23.5. The van der Waals surface area contributed by atoms with E-state index in [2.05, 4.69) is 10.3 Å². The largest absolute Gasteiger partial charge is 0.363 e. The monoisotopic (exact) mass is 176 g/mol. The first-order valence-corrected chi connectivity index (χ1v) is 5.12. The number of aliphatic imine (C=N–C) groups is 1. The molecule has 1 aliphatic carbocycles. The van der Waals surface area contributed by atoms with Crippen molar-refractivity contribution in [3.63, 3.8) is 0 Å². The summed E-state index contributed by atoms with van der Waals surface area (Å²) in [6.07, 6.45) is 14.5. The molecule has 70 valence electrons. The van der Waals surface area contributed by atoms with Crippen molar-refractivity contribution < 1.29 is 0 Å². The van der Waals surface area contributed by atoms with Crippen molar-refractivity contribution in [3.05, 3.63) is 24.2 Å². The average molecular weight is 176 g/mol. The molecule has 1 saturated carbocycles. The lowest BCUT2D eigenvalue weighted by Gasteiger charge is -2.23. The molecule has 0 aromatic heterocycles. The van der Waals surface area contributed by atoms with E-state index in [0.717, 1.165) is 0 Å². The van der Waals surface area contributed by atoms with Crippen molar-refractivity contribution >= 4 is 6.21 Å². The molecule has 0 amide bonds. The molecule has 2 rings (SSSR count). The fraction of sp³-hybridized carbons (Fsp3) is 0.545. The second kappa shape index (κ2) is 4.26. The molecule has 1 fully saturated rings. The van der Waals surface area contributed by atoms with Crippen molar-refractivity contribution in [2.45, 2.75) is 32.1 Å². The van der Waals surface area contributed by atoms with Gasteiger partial charge >= 0.3 is 0 Å². The zero-order chi connectivity index (χ0) is 8.93. The van der Waals surface area contributed by atoms with Gasteiger partial charge in [0.15, 0.2) is 0 Å². The van der Waals surface area contributed by atoms with Crippen molar-refractivity contribution in [1.29, 1.82) is 0 Å². The van der Waals surface area contributed by atoms with Crippen LogP contribution in [0.25, 0.3) is 0 Å². The first-order valence-electron chi connectivity index (χ1n) is 5.12. The smallest absolute Gasteiger partial charge is 0.0463 e. The van der Waals surface area contributed by atoms with Crippen LogP contribution >= 0.6 is 0 Å². The third kappa shape index (κ3) is 2.20. The SMILES string of the molecule is C1=CNC(C2CCCCC2)=CN=C1. The molecule has 0 radical (unpaired) electrons. The molecule has 2 heteroatoms. The quantitative estimate of drug-likeness (QED) is 0.652. The van der Waals surface area contributed by atoms with Crippen LogP contribution in [-0.2, 0) is 0 Å². The molecule has 13 heavy (non-hydrogen) atoms. The van der Waals surface area contributed by atoms with Crippen molar-refractivity contribution in [2.24, 2.45) is 10.9 Å². The minimum atomic E-state index is 0.716. The molecular formula is C11H16N2. The Bertz CT molecular complexity index is 245. The van der Waals surface area contributed by atoms with Crippen LogP contribution in [0.3, 0.4) is 0 Å². The van der Waals surface area contributed by atoms with Gasteiger partial charge in [-0.05, 0) is 18.9 Å². The van der Waals surface area contributed by atoms with E-state index in [0.29, 0.717) is 5.92 Å². The van der Waals surface area contributed by atoms with Gasteiger partial charge in [-0.2, -0.15) is 0 Å². The fourth-order valence-corrected chi connectivity index (χ4v) is 2.03. The summed E-state index contributed by atoms with van der Waals surface area (Å²) < 4.78 is 0. The van der Waals surface area contributed by atoms with Gasteiger partial charge in [0.2, 0.25) is 0 Å². The van der Waals surface area contributed by atoms with Gasteiger partial charge < -0.3 is 5.32 Å². The van der Waals surface area contributed by atoms with Crippen LogP contribution < -0.4 is 5.32 Å². The molecule has 0 unspecified atom stereocenters. The van der Waals surface area contributed by atoms with Gasteiger partial charge in [0, 0.05) is 30.2 Å². The van der Waals surface area contributed by atoms with Crippen molar-refractivity contribution in [2.75, 3.05) is 0 Å². The van der Waals surface area contributed by atoms with Gasteiger partial charge in [0.1, 0.15) is 0 Å². The summed E-state index contributed by atoms with van der Waals surface area (Å²) >= 11 is 0. The maximum absolute atomic E-state index is 4.19. The number of nitrogens with zero attached hydrogens (tertiary/aromatic N) is 1. The van der Waals surface area contributed by atoms with E-state index in [4.69, 9.17) is 0 Å². The Morgan fingerprint density at radius 2 is 2.08 bits per heavy atom. The van der Waals surface area contributed by atoms with Crippen LogP contribution in [0.15, 0.2) is 29.2 Å². The van der Waals surface area contributed by atoms with Crippen LogP contribution in [0, 0.1) is 5.92 Å². The van der Waals surface area contributed by atoms with E-state index in [9.17, 15) is 0 Å². The molecule has 0 aromatic rings. The Morgan fingerprint density at radius 1 is 1.23 bits per heavy atom. The molecule has 2 aliphatic rings. The van der Waals surface area contributed by atoms with Crippen LogP contribution in [0.5, 0.6) is 0 Å². The lowest BCUT2D eigenvalue weighted by molar-refractivity contribution is 0.392. The molecule has 0 bridgehead atoms. The van der Waals surface area contributed by atoms with Crippen LogP contribution in [-0.4, -0.2) is 6.21 Å². The number of hydrogen-bond acceptors (Lipinski definition) is 2. The zero-order valence-electron chi connectivity index (χ0n) is 7.87. The Labute approximate surface area is 79.4 Å². The number of allylic oxidation sites excluding steroid dienone is 2. The molecule has 1 N–H and O–H groups in total. The Kier molecular flexibility index (Phi) is 2.80. The molecule has 0 spiro atoms. The van der Waals surface area contributed by atoms with Crippen LogP contribution in [0.1, 0.15) is 32.1 Å². The van der Waals surface area contributed by atoms with E-state index in [1.54, 1.807) is 0 Å². The Hall–Kier alpha value is -1.05. The Balaban J connectivity index is 2.01. The van der Waals surface area contributed by atoms with Crippen LogP contribution in [0.4, 0.5) is 0 Å². The second-order valence-electron chi connectivity index (χ2n) is 3.72. The summed E-state index contributed by atoms with van der Waals surface area (Å²) in [6.45, 7) is 0. The lowest BCUT2D eigenvalue weighted by Crippen LogP contribution is -2.17. The number of rotatable bonds is 1. The van der Waals surface area contributed by atoms with E-state index in [-0.39, 0.29) is 0 Å². The average Bonchev–Trinajstić information content (AvgIpc) is 2.47. The third-order valence-corrected chi connectivity index (χ3v) is 2.78. The summed E-state index contributed by atoms with van der Waals surface area (Å²) in [7, 11) is 0. The van der Waals surface area contributed by atoms with Crippen molar-refractivity contribution in [3.8, 4) is 0 Å². The summed E-state index contributed by atoms with van der Waals surface area (Å²) in [6, 6.07) is 0. The highest BCUT2D eigenvalue weighted by Crippen LogP contribution is 2.28. The predicted octanol–water partition coefficient (Wildman–Crippen LogP) is 2.60. The number of nitrogens with one attached hydrogen (secondary N) is 1. The molecular weight excluding hydrogens is 160 g/mol. The highest BCUT2D eigenvalue weighted by molar-refractivity contribution is 5.72. The second-order valence-corrected chi connectivity index (χ2v) is 3.72. The highest BCUT2D eigenvalue weighted by Gasteiger charge is 2.17. The summed E-state index contributed by atoms with van der Waals surface area (Å²) in [5.41, 5.74) is 1.30. The van der Waals surface area contributed by atoms with Gasteiger partial charge in [0.25, 0.3) is 0 Å². The lowest BCUT2D eigenvalue weighted by atomic mass is 9.87. The molecule has 1 aliphatic heterocycles. The predicted molar refractivity (Wildman–Crippen MR) is 55.4 cm³/mol. The fourth-order valence-electron chi connectivity index (χ4n) is 2.03.